The van der Waals surface area contributed by atoms with Gasteiger partial charge in [-0.15, -0.1) is 11.3 Å². The third-order valence-corrected chi connectivity index (χ3v) is 4.74. The van der Waals surface area contributed by atoms with E-state index in [-0.39, 0.29) is 6.10 Å². The molecular weight excluding hydrogens is 326 g/mol. The number of nitrogen functional groups attached to an aromatic ring is 1. The molecule has 0 unspecified atom stereocenters. The summed E-state index contributed by atoms with van der Waals surface area (Å²) >= 11 is 1.60. The molecule has 0 bridgehead atoms. The molecule has 0 aliphatic rings. The van der Waals surface area contributed by atoms with E-state index in [4.69, 9.17) is 10.5 Å². The van der Waals surface area contributed by atoms with Crippen LogP contribution in [0, 0.1) is 0 Å². The fourth-order valence-electron chi connectivity index (χ4n) is 2.42. The predicted molar refractivity (Wildman–Crippen MR) is 95.0 cm³/mol. The van der Waals surface area contributed by atoms with Gasteiger partial charge in [0.1, 0.15) is 16.9 Å². The normalized spacial score (nSPS) is 12.7. The zero-order valence-corrected chi connectivity index (χ0v) is 15.0. The van der Waals surface area contributed by atoms with Crippen molar-refractivity contribution in [2.24, 2.45) is 7.05 Å². The minimum Gasteiger partial charge on any atom is -0.383 e. The fraction of sp³-hybridized carbons (Fsp3) is 0.467. The maximum absolute atomic E-state index is 6.02. The summed E-state index contributed by atoms with van der Waals surface area (Å²) in [5.74, 6) is 0.981. The number of hydrogen-bond donors (Lipinski definition) is 1. The largest absolute Gasteiger partial charge is 0.383 e. The van der Waals surface area contributed by atoms with Gasteiger partial charge in [-0.2, -0.15) is 15.1 Å². The first kappa shape index (κ1) is 16.6. The number of rotatable bonds is 6. The Morgan fingerprint density at radius 3 is 2.92 bits per heavy atom. The second-order valence-electron chi connectivity index (χ2n) is 5.55. The lowest BCUT2D eigenvalue weighted by atomic mass is 10.4. The van der Waals surface area contributed by atoms with E-state index < -0.39 is 0 Å². The number of nitrogens with zero attached hydrogens (tertiary/aromatic N) is 6. The summed E-state index contributed by atoms with van der Waals surface area (Å²) in [6.45, 7) is 5.26. The van der Waals surface area contributed by atoms with Crippen molar-refractivity contribution in [3.8, 4) is 0 Å². The maximum Gasteiger partial charge on any atom is 0.229 e. The van der Waals surface area contributed by atoms with E-state index in [9.17, 15) is 0 Å². The molecule has 9 heteroatoms. The average Bonchev–Trinajstić information content (AvgIpc) is 3.15. The Morgan fingerprint density at radius 2 is 2.17 bits per heavy atom. The minimum atomic E-state index is 0.0109. The first-order valence-corrected chi connectivity index (χ1v) is 8.59. The van der Waals surface area contributed by atoms with Crippen molar-refractivity contribution in [2.75, 3.05) is 24.3 Å². The summed E-state index contributed by atoms with van der Waals surface area (Å²) < 4.78 is 7.27. The number of anilines is 2. The third-order valence-electron chi connectivity index (χ3n) is 3.68. The summed E-state index contributed by atoms with van der Waals surface area (Å²) in [6.07, 6.45) is 1.69. The predicted octanol–water partition coefficient (Wildman–Crippen LogP) is 2.14. The van der Waals surface area contributed by atoms with Crippen LogP contribution < -0.4 is 10.6 Å². The van der Waals surface area contributed by atoms with Gasteiger partial charge in [-0.25, -0.2) is 4.98 Å². The summed E-state index contributed by atoms with van der Waals surface area (Å²) in [5.41, 5.74) is 7.69. The highest BCUT2D eigenvalue weighted by molar-refractivity contribution is 7.09. The highest BCUT2D eigenvalue weighted by Gasteiger charge is 2.15. The molecule has 128 valence electrons. The standard InChI is InChI=1S/C15H21N7OS/c1-5-23-9(2)14-18-10(8-24-14)7-21(3)15-19-12(16)11-6-17-22(4)13(11)20-15/h6,8-9H,5,7H2,1-4H3,(H2,16,19,20)/t9-/m1/s1. The van der Waals surface area contributed by atoms with Crippen LogP contribution >= 0.6 is 11.3 Å². The van der Waals surface area contributed by atoms with Crippen LogP contribution in [0.2, 0.25) is 0 Å². The second kappa shape index (κ2) is 6.70. The van der Waals surface area contributed by atoms with Gasteiger partial charge in [-0.3, -0.25) is 4.68 Å². The van der Waals surface area contributed by atoms with Gasteiger partial charge in [0.25, 0.3) is 0 Å². The number of ether oxygens (including phenoxy) is 1. The zero-order valence-electron chi connectivity index (χ0n) is 14.2. The van der Waals surface area contributed by atoms with E-state index in [2.05, 4.69) is 20.1 Å². The lowest BCUT2D eigenvalue weighted by molar-refractivity contribution is 0.0761. The molecule has 0 saturated heterocycles. The SMILES string of the molecule is CCO[C@H](C)c1nc(CN(C)c2nc(N)c3cnn(C)c3n2)cs1. The van der Waals surface area contributed by atoms with Crippen LogP contribution in [0.5, 0.6) is 0 Å². The minimum absolute atomic E-state index is 0.0109. The molecule has 2 N–H and O–H groups in total. The molecule has 3 aromatic heterocycles. The Kier molecular flexibility index (Phi) is 4.63. The number of aromatic nitrogens is 5. The average molecular weight is 347 g/mol. The molecule has 24 heavy (non-hydrogen) atoms. The van der Waals surface area contributed by atoms with Crippen molar-refractivity contribution in [3.05, 3.63) is 22.3 Å². The van der Waals surface area contributed by atoms with Crippen molar-refractivity contribution in [1.29, 1.82) is 0 Å². The molecule has 0 aliphatic heterocycles. The van der Waals surface area contributed by atoms with Crippen molar-refractivity contribution in [3.63, 3.8) is 0 Å². The van der Waals surface area contributed by atoms with Crippen molar-refractivity contribution < 1.29 is 4.74 Å². The quantitative estimate of drug-likeness (QED) is 0.730. The molecule has 3 rings (SSSR count). The Bertz CT molecular complexity index is 844. The third kappa shape index (κ3) is 3.17. The van der Waals surface area contributed by atoms with E-state index >= 15 is 0 Å². The van der Waals surface area contributed by atoms with Crippen molar-refractivity contribution in [1.82, 2.24) is 24.7 Å². The van der Waals surface area contributed by atoms with Gasteiger partial charge in [0, 0.05) is 26.1 Å². The van der Waals surface area contributed by atoms with Gasteiger partial charge in [-0.1, -0.05) is 0 Å². The maximum atomic E-state index is 6.02. The van der Waals surface area contributed by atoms with E-state index in [1.165, 1.54) is 0 Å². The summed E-state index contributed by atoms with van der Waals surface area (Å²) in [7, 11) is 3.75. The fourth-order valence-corrected chi connectivity index (χ4v) is 3.23. The monoisotopic (exact) mass is 347 g/mol. The van der Waals surface area contributed by atoms with Crippen LogP contribution in [0.1, 0.15) is 30.7 Å². The van der Waals surface area contributed by atoms with Crippen LogP contribution in [-0.2, 0) is 18.3 Å². The first-order chi connectivity index (χ1) is 11.5. The summed E-state index contributed by atoms with van der Waals surface area (Å²) in [5, 5.41) is 7.94. The Balaban J connectivity index is 1.80. The lowest BCUT2D eigenvalue weighted by Crippen LogP contribution is -2.20. The molecule has 0 aliphatic carbocycles. The lowest BCUT2D eigenvalue weighted by Gasteiger charge is -2.16. The van der Waals surface area contributed by atoms with Crippen LogP contribution in [0.25, 0.3) is 11.0 Å². The highest BCUT2D eigenvalue weighted by Crippen LogP contribution is 2.24. The summed E-state index contributed by atoms with van der Waals surface area (Å²) in [6, 6.07) is 0. The van der Waals surface area contributed by atoms with Crippen LogP contribution in [-0.4, -0.2) is 38.4 Å². The Labute approximate surface area is 144 Å². The number of hydrogen-bond acceptors (Lipinski definition) is 8. The number of aryl methyl sites for hydroxylation is 1. The van der Waals surface area contributed by atoms with Crippen molar-refractivity contribution >= 4 is 34.1 Å². The highest BCUT2D eigenvalue weighted by atomic mass is 32.1. The Hall–Kier alpha value is -2.26. The van der Waals surface area contributed by atoms with Gasteiger partial charge in [0.2, 0.25) is 5.95 Å². The van der Waals surface area contributed by atoms with E-state index in [0.29, 0.717) is 30.6 Å². The number of thiazole rings is 1. The zero-order chi connectivity index (χ0) is 17.3. The van der Waals surface area contributed by atoms with Gasteiger partial charge in [0.15, 0.2) is 5.65 Å². The molecule has 0 aromatic carbocycles. The Morgan fingerprint density at radius 1 is 1.38 bits per heavy atom. The summed E-state index contributed by atoms with van der Waals surface area (Å²) in [4.78, 5) is 15.5. The van der Waals surface area contributed by atoms with E-state index in [0.717, 1.165) is 16.1 Å². The van der Waals surface area contributed by atoms with Crippen molar-refractivity contribution in [2.45, 2.75) is 26.5 Å². The number of nitrogens with two attached hydrogens (primary N) is 1. The van der Waals surface area contributed by atoms with Crippen LogP contribution in [0.3, 0.4) is 0 Å². The molecule has 0 radical (unpaired) electrons. The molecule has 3 aromatic rings. The van der Waals surface area contributed by atoms with Crippen LogP contribution in [0.15, 0.2) is 11.6 Å². The molecule has 0 saturated carbocycles. The first-order valence-electron chi connectivity index (χ1n) is 7.71. The smallest absolute Gasteiger partial charge is 0.229 e. The van der Waals surface area contributed by atoms with Gasteiger partial charge in [0.05, 0.1) is 23.8 Å². The number of fused-ring (bicyclic) bond motifs is 1. The molecule has 0 spiro atoms. The topological polar surface area (TPSA) is 95.0 Å². The van der Waals surface area contributed by atoms with Gasteiger partial charge < -0.3 is 15.4 Å². The van der Waals surface area contributed by atoms with Gasteiger partial charge in [-0.05, 0) is 13.8 Å². The molecule has 0 fully saturated rings. The van der Waals surface area contributed by atoms with E-state index in [1.54, 1.807) is 22.2 Å². The van der Waals surface area contributed by atoms with E-state index in [1.807, 2.05) is 38.2 Å². The molecule has 1 atom stereocenters. The molecule has 0 amide bonds. The second-order valence-corrected chi connectivity index (χ2v) is 6.43. The van der Waals surface area contributed by atoms with Gasteiger partial charge >= 0.3 is 0 Å². The molecule has 3 heterocycles. The molecule has 8 nitrogen and oxygen atoms in total. The molecular formula is C15H21N7OS. The van der Waals surface area contributed by atoms with Crippen LogP contribution in [0.4, 0.5) is 11.8 Å².